The van der Waals surface area contributed by atoms with Gasteiger partial charge in [-0.05, 0) is 18.1 Å². The van der Waals surface area contributed by atoms with Gasteiger partial charge in [0, 0.05) is 19.7 Å². The molecule has 0 bridgehead atoms. The number of hydrogen-bond acceptors (Lipinski definition) is 3. The van der Waals surface area contributed by atoms with Crippen molar-refractivity contribution in [1.82, 2.24) is 15.1 Å². The molecule has 0 radical (unpaired) electrons. The minimum absolute atomic E-state index is 0.198. The Morgan fingerprint density at radius 3 is 2.90 bits per heavy atom. The highest BCUT2D eigenvalue weighted by molar-refractivity contribution is 5.95. The second-order valence-electron chi connectivity index (χ2n) is 5.22. The van der Waals surface area contributed by atoms with Crippen molar-refractivity contribution in [2.45, 2.75) is 25.5 Å². The highest BCUT2D eigenvalue weighted by Gasteiger charge is 2.32. The van der Waals surface area contributed by atoms with E-state index in [1.54, 1.807) is 24.9 Å². The fourth-order valence-electron chi connectivity index (χ4n) is 2.79. The van der Waals surface area contributed by atoms with Crippen LogP contribution < -0.4 is 5.32 Å². The fourth-order valence-corrected chi connectivity index (χ4v) is 2.79. The Balaban J connectivity index is 1.85. The monoisotopic (exact) mass is 271 g/mol. The van der Waals surface area contributed by atoms with E-state index in [1.807, 2.05) is 24.3 Å². The van der Waals surface area contributed by atoms with E-state index in [4.69, 9.17) is 0 Å². The normalized spacial score (nSPS) is 20.8. The van der Waals surface area contributed by atoms with Gasteiger partial charge in [0.05, 0.1) is 23.4 Å². The molecule has 1 aromatic carbocycles. The summed E-state index contributed by atoms with van der Waals surface area (Å²) in [5.74, 6) is -0.198. The van der Waals surface area contributed by atoms with Crippen molar-refractivity contribution in [2.24, 2.45) is 7.05 Å². The van der Waals surface area contributed by atoms with E-state index in [0.717, 1.165) is 11.1 Å². The van der Waals surface area contributed by atoms with Gasteiger partial charge in [0.25, 0.3) is 5.91 Å². The second-order valence-corrected chi connectivity index (χ2v) is 5.22. The van der Waals surface area contributed by atoms with Gasteiger partial charge in [-0.25, -0.2) is 0 Å². The lowest BCUT2D eigenvalue weighted by molar-refractivity contribution is 0.0857. The van der Waals surface area contributed by atoms with Crippen LogP contribution in [0.5, 0.6) is 0 Å². The average Bonchev–Trinajstić information content (AvgIpc) is 2.90. The molecular formula is C15H17N3O2. The molecule has 1 aromatic heterocycles. The zero-order valence-corrected chi connectivity index (χ0v) is 11.5. The van der Waals surface area contributed by atoms with Crippen LogP contribution in [-0.2, 0) is 13.5 Å². The van der Waals surface area contributed by atoms with Gasteiger partial charge in [0.15, 0.2) is 0 Å². The number of amides is 1. The molecule has 0 saturated carbocycles. The van der Waals surface area contributed by atoms with E-state index < -0.39 is 6.10 Å². The van der Waals surface area contributed by atoms with E-state index in [0.29, 0.717) is 17.7 Å². The number of aromatic nitrogens is 2. The van der Waals surface area contributed by atoms with Crippen LogP contribution in [0.25, 0.3) is 0 Å². The predicted molar refractivity (Wildman–Crippen MR) is 74.3 cm³/mol. The van der Waals surface area contributed by atoms with Crippen LogP contribution in [0.1, 0.15) is 33.2 Å². The van der Waals surface area contributed by atoms with Gasteiger partial charge in [-0.15, -0.1) is 0 Å². The molecule has 0 fully saturated rings. The predicted octanol–water partition coefficient (Wildman–Crippen LogP) is 1.12. The van der Waals surface area contributed by atoms with E-state index in [9.17, 15) is 9.90 Å². The van der Waals surface area contributed by atoms with Crippen molar-refractivity contribution in [1.29, 1.82) is 0 Å². The number of benzene rings is 1. The Kier molecular flexibility index (Phi) is 3.06. The van der Waals surface area contributed by atoms with Gasteiger partial charge < -0.3 is 10.4 Å². The van der Waals surface area contributed by atoms with Crippen molar-refractivity contribution in [3.63, 3.8) is 0 Å². The zero-order valence-electron chi connectivity index (χ0n) is 11.5. The first-order chi connectivity index (χ1) is 9.56. The number of aryl methyl sites for hydroxylation is 2. The molecular weight excluding hydrogens is 254 g/mol. The van der Waals surface area contributed by atoms with Gasteiger partial charge >= 0.3 is 0 Å². The van der Waals surface area contributed by atoms with Crippen LogP contribution in [0.2, 0.25) is 0 Å². The molecule has 2 aromatic rings. The van der Waals surface area contributed by atoms with Crippen molar-refractivity contribution in [3.8, 4) is 0 Å². The topological polar surface area (TPSA) is 67.2 Å². The third-order valence-corrected chi connectivity index (χ3v) is 3.75. The molecule has 0 aliphatic heterocycles. The smallest absolute Gasteiger partial charge is 0.255 e. The maximum Gasteiger partial charge on any atom is 0.255 e. The van der Waals surface area contributed by atoms with E-state index in [-0.39, 0.29) is 11.9 Å². The summed E-state index contributed by atoms with van der Waals surface area (Å²) in [7, 11) is 1.78. The van der Waals surface area contributed by atoms with Crippen LogP contribution in [0, 0.1) is 6.92 Å². The molecule has 0 spiro atoms. The molecule has 1 aliphatic rings. The van der Waals surface area contributed by atoms with Gasteiger partial charge in [-0.1, -0.05) is 24.3 Å². The Hall–Kier alpha value is -2.14. The maximum atomic E-state index is 12.3. The molecule has 2 atom stereocenters. The minimum Gasteiger partial charge on any atom is -0.390 e. The molecule has 20 heavy (non-hydrogen) atoms. The summed E-state index contributed by atoms with van der Waals surface area (Å²) in [4.78, 5) is 12.3. The molecule has 5 heteroatoms. The Bertz CT molecular complexity index is 663. The number of rotatable bonds is 2. The molecule has 1 heterocycles. The van der Waals surface area contributed by atoms with E-state index >= 15 is 0 Å². The molecule has 1 aliphatic carbocycles. The molecule has 2 N–H and O–H groups in total. The minimum atomic E-state index is -0.576. The SMILES string of the molecule is Cc1nn(C)cc1C(=O)N[C@H]1c2ccccc2C[C@H]1O. The van der Waals surface area contributed by atoms with Crippen LogP contribution in [0.4, 0.5) is 0 Å². The van der Waals surface area contributed by atoms with E-state index in [1.165, 1.54) is 0 Å². The number of carbonyl (C=O) groups excluding carboxylic acids is 1. The molecule has 1 amide bonds. The molecule has 0 saturated heterocycles. The third kappa shape index (κ3) is 2.10. The number of nitrogens with one attached hydrogen (secondary N) is 1. The number of aliphatic hydroxyl groups excluding tert-OH is 1. The first-order valence-corrected chi connectivity index (χ1v) is 6.63. The van der Waals surface area contributed by atoms with Crippen LogP contribution in [0.3, 0.4) is 0 Å². The molecule has 104 valence electrons. The number of fused-ring (bicyclic) bond motifs is 1. The van der Waals surface area contributed by atoms with Crippen LogP contribution >= 0.6 is 0 Å². The van der Waals surface area contributed by atoms with Gasteiger partial charge in [0.2, 0.25) is 0 Å². The maximum absolute atomic E-state index is 12.3. The van der Waals surface area contributed by atoms with Crippen molar-refractivity contribution in [2.75, 3.05) is 0 Å². The summed E-state index contributed by atoms with van der Waals surface area (Å²) >= 11 is 0. The van der Waals surface area contributed by atoms with Crippen molar-refractivity contribution in [3.05, 3.63) is 52.8 Å². The summed E-state index contributed by atoms with van der Waals surface area (Å²) in [6.45, 7) is 1.80. The molecule has 3 rings (SSSR count). The first kappa shape index (κ1) is 12.9. The molecule has 0 unspecified atom stereocenters. The first-order valence-electron chi connectivity index (χ1n) is 6.63. The lowest BCUT2D eigenvalue weighted by Gasteiger charge is -2.17. The van der Waals surface area contributed by atoms with Crippen LogP contribution in [0.15, 0.2) is 30.5 Å². The Labute approximate surface area is 117 Å². The lowest BCUT2D eigenvalue weighted by Crippen LogP contribution is -2.34. The summed E-state index contributed by atoms with van der Waals surface area (Å²) in [6, 6.07) is 7.46. The summed E-state index contributed by atoms with van der Waals surface area (Å²) < 4.78 is 1.61. The van der Waals surface area contributed by atoms with Crippen molar-refractivity contribution < 1.29 is 9.90 Å². The largest absolute Gasteiger partial charge is 0.390 e. The highest BCUT2D eigenvalue weighted by Crippen LogP contribution is 2.31. The number of carbonyl (C=O) groups is 1. The number of nitrogens with zero attached hydrogens (tertiary/aromatic N) is 2. The summed E-state index contributed by atoms with van der Waals surface area (Å²) in [5.41, 5.74) is 3.32. The van der Waals surface area contributed by atoms with Crippen molar-refractivity contribution >= 4 is 5.91 Å². The summed E-state index contributed by atoms with van der Waals surface area (Å²) in [5, 5.41) is 17.2. The second kappa shape index (κ2) is 4.76. The number of aliphatic hydroxyl groups is 1. The number of hydrogen-bond donors (Lipinski definition) is 2. The summed E-state index contributed by atoms with van der Waals surface area (Å²) in [6.07, 6.45) is 1.69. The average molecular weight is 271 g/mol. The van der Waals surface area contributed by atoms with E-state index in [2.05, 4.69) is 10.4 Å². The lowest BCUT2D eigenvalue weighted by atomic mass is 10.1. The fraction of sp³-hybridized carbons (Fsp3) is 0.333. The Morgan fingerprint density at radius 2 is 2.20 bits per heavy atom. The van der Waals surface area contributed by atoms with Gasteiger partial charge in [0.1, 0.15) is 0 Å². The Morgan fingerprint density at radius 1 is 1.45 bits per heavy atom. The van der Waals surface area contributed by atoms with Gasteiger partial charge in [-0.2, -0.15) is 5.10 Å². The highest BCUT2D eigenvalue weighted by atomic mass is 16.3. The standard InChI is InChI=1S/C15H17N3O2/c1-9-12(8-18(2)17-9)15(20)16-14-11-6-4-3-5-10(11)7-13(14)19/h3-6,8,13-14,19H,7H2,1-2H3,(H,16,20)/t13-,14+/m1/s1. The van der Waals surface area contributed by atoms with Gasteiger partial charge in [-0.3, -0.25) is 9.48 Å². The molecule has 5 nitrogen and oxygen atoms in total. The third-order valence-electron chi connectivity index (χ3n) is 3.75. The van der Waals surface area contributed by atoms with Crippen LogP contribution in [-0.4, -0.2) is 26.9 Å². The zero-order chi connectivity index (χ0) is 14.3. The quantitative estimate of drug-likeness (QED) is 0.860.